The first-order valence-electron chi connectivity index (χ1n) is 12.8. The van der Waals surface area contributed by atoms with Crippen LogP contribution in [0.3, 0.4) is 0 Å². The summed E-state index contributed by atoms with van der Waals surface area (Å²) in [6, 6.07) is 10.9. The molecule has 2 unspecified atom stereocenters. The van der Waals surface area contributed by atoms with Crippen LogP contribution in [0.15, 0.2) is 47.5 Å². The number of nitrogens with zero attached hydrogens (tertiary/aromatic N) is 4. The highest BCUT2D eigenvalue weighted by atomic mass is 32.2. The number of hydrogen-bond acceptors (Lipinski definition) is 10. The van der Waals surface area contributed by atoms with Crippen LogP contribution >= 0.6 is 11.8 Å². The number of benzene rings is 2. The van der Waals surface area contributed by atoms with Gasteiger partial charge in [0.15, 0.2) is 0 Å². The number of carbonyl (C=O) groups excluding carboxylic acids is 2. The number of amides is 2. The van der Waals surface area contributed by atoms with E-state index in [1.54, 1.807) is 29.2 Å². The number of thioether (sulfide) groups is 1. The van der Waals surface area contributed by atoms with Crippen molar-refractivity contribution in [1.29, 1.82) is 0 Å². The SMILES string of the molecule is COc1cnc2cccc(C(O)C3(O)CCN(CC4CN(c5ccc6c(c5)NC(=O)CS6)C(=O)O4)CC3)c2n1. The van der Waals surface area contributed by atoms with Crippen LogP contribution in [0, 0.1) is 0 Å². The number of aromatic nitrogens is 2. The number of carbonyl (C=O) groups is 2. The summed E-state index contributed by atoms with van der Waals surface area (Å²) in [5, 5.41) is 25.5. The molecule has 2 aromatic carbocycles. The van der Waals surface area contributed by atoms with E-state index in [2.05, 4.69) is 20.2 Å². The predicted octanol–water partition coefficient (Wildman–Crippen LogP) is 2.57. The first kappa shape index (κ1) is 25.8. The average molecular weight is 552 g/mol. The van der Waals surface area contributed by atoms with E-state index < -0.39 is 17.8 Å². The van der Waals surface area contributed by atoms with Crippen molar-refractivity contribution in [2.45, 2.75) is 35.5 Å². The number of methoxy groups -OCH3 is 1. The molecular formula is C27H29N5O6S. The zero-order valence-electron chi connectivity index (χ0n) is 21.4. The van der Waals surface area contributed by atoms with Gasteiger partial charge < -0.3 is 25.0 Å². The Kier molecular flexibility index (Phi) is 6.79. The molecule has 0 radical (unpaired) electrons. The number of cyclic esters (lactones) is 1. The molecule has 2 amide bonds. The summed E-state index contributed by atoms with van der Waals surface area (Å²) in [7, 11) is 1.50. The van der Waals surface area contributed by atoms with E-state index in [0.29, 0.717) is 78.6 Å². The highest BCUT2D eigenvalue weighted by molar-refractivity contribution is 8.00. The molecule has 0 aliphatic carbocycles. The molecule has 0 spiro atoms. The largest absolute Gasteiger partial charge is 0.480 e. The van der Waals surface area contributed by atoms with Crippen molar-refractivity contribution in [2.24, 2.45) is 0 Å². The van der Waals surface area contributed by atoms with Crippen molar-refractivity contribution in [3.05, 3.63) is 48.2 Å². The summed E-state index contributed by atoms with van der Waals surface area (Å²) in [6.07, 6.45) is 0.293. The van der Waals surface area contributed by atoms with Crippen molar-refractivity contribution < 1.29 is 29.3 Å². The van der Waals surface area contributed by atoms with Crippen LogP contribution in [-0.4, -0.2) is 87.8 Å². The lowest BCUT2D eigenvalue weighted by Gasteiger charge is -2.41. The standard InChI is InChI=1S/C27H29N5O6S/c1-37-23-12-28-19-4-2-3-18(24(19)30-23)25(34)27(36)7-9-31(10-8-27)13-17-14-32(26(35)38-17)16-5-6-21-20(11-16)29-22(33)15-39-21/h2-6,11-12,17,25,34,36H,7-10,13-15H2,1H3,(H,29,33). The maximum atomic E-state index is 12.7. The Bertz CT molecular complexity index is 1430. The number of aliphatic hydroxyl groups is 2. The zero-order valence-corrected chi connectivity index (χ0v) is 22.2. The molecule has 0 bridgehead atoms. The normalized spacial score (nSPS) is 21.8. The Morgan fingerprint density at radius 3 is 2.87 bits per heavy atom. The molecule has 3 aliphatic rings. The summed E-state index contributed by atoms with van der Waals surface area (Å²) in [5.74, 6) is 0.658. The van der Waals surface area contributed by atoms with E-state index in [0.717, 1.165) is 4.90 Å². The topological polar surface area (TPSA) is 137 Å². The maximum Gasteiger partial charge on any atom is 0.414 e. The Morgan fingerprint density at radius 2 is 2.08 bits per heavy atom. The van der Waals surface area contributed by atoms with Gasteiger partial charge in [0.05, 0.1) is 47.9 Å². The summed E-state index contributed by atoms with van der Waals surface area (Å²) < 4.78 is 10.8. The molecule has 3 N–H and O–H groups in total. The van der Waals surface area contributed by atoms with Gasteiger partial charge in [-0.25, -0.2) is 14.8 Å². The Hall–Kier alpha value is -3.45. The van der Waals surface area contributed by atoms with Gasteiger partial charge in [-0.2, -0.15) is 0 Å². The van der Waals surface area contributed by atoms with E-state index in [1.807, 2.05) is 12.1 Å². The molecule has 2 atom stereocenters. The van der Waals surface area contributed by atoms with E-state index in [9.17, 15) is 19.8 Å². The molecule has 3 aliphatic heterocycles. The van der Waals surface area contributed by atoms with Gasteiger partial charge in [-0.1, -0.05) is 12.1 Å². The van der Waals surface area contributed by atoms with Gasteiger partial charge in [0.25, 0.3) is 0 Å². The first-order valence-corrected chi connectivity index (χ1v) is 13.8. The summed E-state index contributed by atoms with van der Waals surface area (Å²) in [4.78, 5) is 37.9. The zero-order chi connectivity index (χ0) is 27.1. The first-order chi connectivity index (χ1) is 18.8. The van der Waals surface area contributed by atoms with Crippen molar-refractivity contribution in [1.82, 2.24) is 14.9 Å². The number of ether oxygens (including phenoxy) is 2. The Balaban J connectivity index is 1.09. The maximum absolute atomic E-state index is 12.7. The van der Waals surface area contributed by atoms with Crippen LogP contribution in [0.1, 0.15) is 24.5 Å². The molecule has 1 aromatic heterocycles. The van der Waals surface area contributed by atoms with Gasteiger partial charge in [0.1, 0.15) is 12.2 Å². The van der Waals surface area contributed by atoms with Gasteiger partial charge in [-0.3, -0.25) is 14.6 Å². The number of fused-ring (bicyclic) bond motifs is 2. The number of piperidine rings is 1. The molecule has 2 saturated heterocycles. The number of para-hydroxylation sites is 1. The summed E-state index contributed by atoms with van der Waals surface area (Å²) >= 11 is 1.47. The molecule has 11 nitrogen and oxygen atoms in total. The fourth-order valence-electron chi connectivity index (χ4n) is 5.40. The van der Waals surface area contributed by atoms with Crippen molar-refractivity contribution >= 4 is 46.2 Å². The average Bonchev–Trinajstić information content (AvgIpc) is 3.32. The smallest absolute Gasteiger partial charge is 0.414 e. The molecule has 204 valence electrons. The van der Waals surface area contributed by atoms with Gasteiger partial charge in [-0.05, 0) is 37.1 Å². The third kappa shape index (κ3) is 5.00. The molecule has 3 aromatic rings. The van der Waals surface area contributed by atoms with Crippen LogP contribution in [0.4, 0.5) is 16.2 Å². The lowest BCUT2D eigenvalue weighted by Crippen LogP contribution is -2.50. The predicted molar refractivity (Wildman–Crippen MR) is 145 cm³/mol. The second-order valence-corrected chi connectivity index (χ2v) is 11.1. The monoisotopic (exact) mass is 551 g/mol. The van der Waals surface area contributed by atoms with Crippen LogP contribution in [0.2, 0.25) is 0 Å². The van der Waals surface area contributed by atoms with E-state index >= 15 is 0 Å². The minimum atomic E-state index is -1.33. The minimum Gasteiger partial charge on any atom is -0.480 e. The van der Waals surface area contributed by atoms with Crippen molar-refractivity contribution in [2.75, 3.05) is 49.3 Å². The molecule has 2 fully saturated rings. The highest BCUT2D eigenvalue weighted by Crippen LogP contribution is 2.38. The van der Waals surface area contributed by atoms with Gasteiger partial charge in [-0.15, -0.1) is 11.8 Å². The molecule has 4 heterocycles. The third-order valence-electron chi connectivity index (χ3n) is 7.56. The van der Waals surface area contributed by atoms with Crippen molar-refractivity contribution in [3.8, 4) is 5.88 Å². The molecule has 0 saturated carbocycles. The van der Waals surface area contributed by atoms with Crippen LogP contribution in [-0.2, 0) is 9.53 Å². The van der Waals surface area contributed by atoms with Crippen LogP contribution < -0.4 is 15.0 Å². The van der Waals surface area contributed by atoms with Gasteiger partial charge >= 0.3 is 6.09 Å². The van der Waals surface area contributed by atoms with E-state index in [1.165, 1.54) is 25.1 Å². The fourth-order valence-corrected chi connectivity index (χ4v) is 6.19. The quantitative estimate of drug-likeness (QED) is 0.419. The second kappa shape index (κ2) is 10.3. The van der Waals surface area contributed by atoms with E-state index in [-0.39, 0.29) is 12.0 Å². The third-order valence-corrected chi connectivity index (χ3v) is 8.63. The van der Waals surface area contributed by atoms with E-state index in [4.69, 9.17) is 9.47 Å². The van der Waals surface area contributed by atoms with Crippen molar-refractivity contribution in [3.63, 3.8) is 0 Å². The lowest BCUT2D eigenvalue weighted by atomic mass is 9.82. The van der Waals surface area contributed by atoms with Gasteiger partial charge in [0.2, 0.25) is 11.8 Å². The molecule has 6 rings (SSSR count). The minimum absolute atomic E-state index is 0.0604. The molecule has 39 heavy (non-hydrogen) atoms. The second-order valence-electron chi connectivity index (χ2n) is 10.1. The number of aliphatic hydroxyl groups excluding tert-OH is 1. The highest BCUT2D eigenvalue weighted by Gasteiger charge is 2.42. The van der Waals surface area contributed by atoms with Crippen LogP contribution in [0.25, 0.3) is 11.0 Å². The number of rotatable bonds is 6. The number of nitrogens with one attached hydrogen (secondary N) is 1. The molecular weight excluding hydrogens is 522 g/mol. The Labute approximate surface area is 229 Å². The molecule has 12 heteroatoms. The number of anilines is 2. The lowest BCUT2D eigenvalue weighted by molar-refractivity contribution is -0.113. The van der Waals surface area contributed by atoms with Crippen LogP contribution in [0.5, 0.6) is 5.88 Å². The summed E-state index contributed by atoms with van der Waals surface area (Å²) in [5.41, 5.74) is 1.67. The van der Waals surface area contributed by atoms with Gasteiger partial charge in [0, 0.05) is 35.8 Å². The fraction of sp³-hybridized carbons (Fsp3) is 0.407. The number of likely N-dealkylation sites (tertiary alicyclic amines) is 1. The Morgan fingerprint density at radius 1 is 1.26 bits per heavy atom. The number of hydrogen-bond donors (Lipinski definition) is 3. The summed E-state index contributed by atoms with van der Waals surface area (Å²) in [6.45, 7) is 1.97.